The Morgan fingerprint density at radius 3 is 2.94 bits per heavy atom. The summed E-state index contributed by atoms with van der Waals surface area (Å²) in [5, 5.41) is 0. The Labute approximate surface area is 97.8 Å². The van der Waals surface area contributed by atoms with Crippen molar-refractivity contribution in [3.05, 3.63) is 29.3 Å². The van der Waals surface area contributed by atoms with Gasteiger partial charge < -0.3 is 10.5 Å². The van der Waals surface area contributed by atoms with Gasteiger partial charge in [-0.05, 0) is 61.4 Å². The van der Waals surface area contributed by atoms with Crippen LogP contribution in [0.1, 0.15) is 30.9 Å². The zero-order valence-corrected chi connectivity index (χ0v) is 10.0. The van der Waals surface area contributed by atoms with Crippen molar-refractivity contribution in [2.24, 2.45) is 11.7 Å². The smallest absolute Gasteiger partial charge is 0.119 e. The molecular formula is C14H21NO. The van der Waals surface area contributed by atoms with E-state index in [9.17, 15) is 0 Å². The fourth-order valence-corrected chi connectivity index (χ4v) is 2.13. The second-order valence-electron chi connectivity index (χ2n) is 4.76. The topological polar surface area (TPSA) is 35.2 Å². The van der Waals surface area contributed by atoms with Crippen LogP contribution < -0.4 is 10.5 Å². The molecule has 0 aromatic heterocycles. The van der Waals surface area contributed by atoms with Gasteiger partial charge in [0.15, 0.2) is 0 Å². The van der Waals surface area contributed by atoms with E-state index in [1.807, 2.05) is 0 Å². The molecule has 2 heteroatoms. The van der Waals surface area contributed by atoms with E-state index in [0.717, 1.165) is 25.3 Å². The molecule has 0 saturated carbocycles. The largest absolute Gasteiger partial charge is 0.494 e. The highest BCUT2D eigenvalue weighted by atomic mass is 16.5. The van der Waals surface area contributed by atoms with Crippen LogP contribution in [0.2, 0.25) is 0 Å². The van der Waals surface area contributed by atoms with E-state index in [1.165, 1.54) is 30.4 Å². The van der Waals surface area contributed by atoms with Crippen LogP contribution in [0.25, 0.3) is 0 Å². The minimum atomic E-state index is 0.550. The van der Waals surface area contributed by atoms with Crippen LogP contribution in [0.5, 0.6) is 5.75 Å². The van der Waals surface area contributed by atoms with Gasteiger partial charge in [0.25, 0.3) is 0 Å². The highest BCUT2D eigenvalue weighted by Crippen LogP contribution is 2.26. The molecule has 88 valence electrons. The molecule has 1 aromatic carbocycles. The van der Waals surface area contributed by atoms with E-state index in [1.54, 1.807) is 0 Å². The zero-order chi connectivity index (χ0) is 11.4. The van der Waals surface area contributed by atoms with E-state index in [2.05, 4.69) is 25.1 Å². The molecule has 2 rings (SSSR count). The fraction of sp³-hybridized carbons (Fsp3) is 0.571. The Balaban J connectivity index is 1.86. The first-order chi connectivity index (χ1) is 7.79. The lowest BCUT2D eigenvalue weighted by atomic mass is 10.1. The van der Waals surface area contributed by atoms with Crippen LogP contribution in [-0.4, -0.2) is 13.2 Å². The number of benzene rings is 1. The van der Waals surface area contributed by atoms with E-state index in [-0.39, 0.29) is 0 Å². The molecule has 0 bridgehead atoms. The van der Waals surface area contributed by atoms with Gasteiger partial charge in [-0.15, -0.1) is 0 Å². The van der Waals surface area contributed by atoms with Gasteiger partial charge in [0.1, 0.15) is 5.75 Å². The third-order valence-electron chi connectivity index (χ3n) is 3.35. The van der Waals surface area contributed by atoms with Gasteiger partial charge in [-0.25, -0.2) is 0 Å². The van der Waals surface area contributed by atoms with Crippen molar-refractivity contribution in [3.63, 3.8) is 0 Å². The predicted molar refractivity (Wildman–Crippen MR) is 66.8 cm³/mol. The molecule has 0 saturated heterocycles. The molecule has 0 radical (unpaired) electrons. The van der Waals surface area contributed by atoms with Gasteiger partial charge in [-0.3, -0.25) is 0 Å². The van der Waals surface area contributed by atoms with Crippen LogP contribution in [0, 0.1) is 5.92 Å². The SMILES string of the molecule is CC(CN)CCOc1ccc2c(c1)CCC2. The number of ether oxygens (including phenoxy) is 1. The standard InChI is InChI=1S/C14H21NO/c1-11(10-15)7-8-16-14-6-5-12-3-2-4-13(12)9-14/h5-6,9,11H,2-4,7-8,10,15H2,1H3. The van der Waals surface area contributed by atoms with Gasteiger partial charge in [-0.2, -0.15) is 0 Å². The molecule has 0 amide bonds. The van der Waals surface area contributed by atoms with Crippen LogP contribution in [0.4, 0.5) is 0 Å². The summed E-state index contributed by atoms with van der Waals surface area (Å²) in [5.41, 5.74) is 8.55. The number of nitrogens with two attached hydrogens (primary N) is 1. The van der Waals surface area contributed by atoms with Gasteiger partial charge >= 0.3 is 0 Å². The Morgan fingerprint density at radius 2 is 2.12 bits per heavy atom. The number of hydrogen-bond acceptors (Lipinski definition) is 2. The molecule has 2 nitrogen and oxygen atoms in total. The number of hydrogen-bond donors (Lipinski definition) is 1. The highest BCUT2D eigenvalue weighted by Gasteiger charge is 2.11. The lowest BCUT2D eigenvalue weighted by Gasteiger charge is -2.11. The minimum Gasteiger partial charge on any atom is -0.494 e. The first-order valence-electron chi connectivity index (χ1n) is 6.24. The van der Waals surface area contributed by atoms with Crippen molar-refractivity contribution >= 4 is 0 Å². The molecule has 0 aliphatic heterocycles. The zero-order valence-electron chi connectivity index (χ0n) is 10.0. The highest BCUT2D eigenvalue weighted by molar-refractivity contribution is 5.38. The summed E-state index contributed by atoms with van der Waals surface area (Å²) in [4.78, 5) is 0. The molecule has 0 heterocycles. The second kappa shape index (κ2) is 5.35. The third-order valence-corrected chi connectivity index (χ3v) is 3.35. The lowest BCUT2D eigenvalue weighted by Crippen LogP contribution is -2.13. The molecule has 1 aliphatic carbocycles. The first kappa shape index (κ1) is 11.5. The lowest BCUT2D eigenvalue weighted by molar-refractivity contribution is 0.285. The van der Waals surface area contributed by atoms with Crippen molar-refractivity contribution in [2.75, 3.05) is 13.2 Å². The van der Waals surface area contributed by atoms with Crippen molar-refractivity contribution in [1.29, 1.82) is 0 Å². The van der Waals surface area contributed by atoms with Crippen LogP contribution in [0.15, 0.2) is 18.2 Å². The number of rotatable bonds is 5. The molecule has 1 aromatic rings. The quantitative estimate of drug-likeness (QED) is 0.826. The molecular weight excluding hydrogens is 198 g/mol. The Hall–Kier alpha value is -1.02. The Morgan fingerprint density at radius 1 is 1.31 bits per heavy atom. The molecule has 0 fully saturated rings. The normalized spacial score (nSPS) is 15.9. The monoisotopic (exact) mass is 219 g/mol. The average molecular weight is 219 g/mol. The maximum Gasteiger partial charge on any atom is 0.119 e. The summed E-state index contributed by atoms with van der Waals surface area (Å²) in [6, 6.07) is 6.51. The van der Waals surface area contributed by atoms with Gasteiger partial charge in [0.2, 0.25) is 0 Å². The van der Waals surface area contributed by atoms with E-state index in [0.29, 0.717) is 5.92 Å². The summed E-state index contributed by atoms with van der Waals surface area (Å²) in [7, 11) is 0. The average Bonchev–Trinajstić information content (AvgIpc) is 2.76. The van der Waals surface area contributed by atoms with Crippen molar-refractivity contribution in [1.82, 2.24) is 0 Å². The van der Waals surface area contributed by atoms with Gasteiger partial charge in [0.05, 0.1) is 6.61 Å². The summed E-state index contributed by atoms with van der Waals surface area (Å²) >= 11 is 0. The molecule has 1 unspecified atom stereocenters. The summed E-state index contributed by atoms with van der Waals surface area (Å²) in [5.74, 6) is 1.57. The fourth-order valence-electron chi connectivity index (χ4n) is 2.13. The van der Waals surface area contributed by atoms with E-state index >= 15 is 0 Å². The third kappa shape index (κ3) is 2.76. The van der Waals surface area contributed by atoms with Crippen molar-refractivity contribution in [3.8, 4) is 5.75 Å². The number of fused-ring (bicyclic) bond motifs is 1. The van der Waals surface area contributed by atoms with Gasteiger partial charge in [0, 0.05) is 0 Å². The maximum absolute atomic E-state index is 5.75. The van der Waals surface area contributed by atoms with Gasteiger partial charge in [-0.1, -0.05) is 13.0 Å². The Bertz CT molecular complexity index is 349. The van der Waals surface area contributed by atoms with Crippen molar-refractivity contribution in [2.45, 2.75) is 32.6 Å². The molecule has 1 atom stereocenters. The molecule has 2 N–H and O–H groups in total. The second-order valence-corrected chi connectivity index (χ2v) is 4.76. The molecule has 16 heavy (non-hydrogen) atoms. The van der Waals surface area contributed by atoms with Crippen LogP contribution >= 0.6 is 0 Å². The number of aryl methyl sites for hydroxylation is 2. The minimum absolute atomic E-state index is 0.550. The summed E-state index contributed by atoms with van der Waals surface area (Å²) in [6.45, 7) is 3.68. The van der Waals surface area contributed by atoms with Crippen LogP contribution in [0.3, 0.4) is 0 Å². The van der Waals surface area contributed by atoms with E-state index < -0.39 is 0 Å². The van der Waals surface area contributed by atoms with Crippen LogP contribution in [-0.2, 0) is 12.8 Å². The van der Waals surface area contributed by atoms with E-state index in [4.69, 9.17) is 10.5 Å². The maximum atomic E-state index is 5.75. The molecule has 0 spiro atoms. The predicted octanol–water partition coefficient (Wildman–Crippen LogP) is 2.54. The molecule has 1 aliphatic rings. The Kier molecular flexibility index (Phi) is 3.83. The first-order valence-corrected chi connectivity index (χ1v) is 6.24. The summed E-state index contributed by atoms with van der Waals surface area (Å²) < 4.78 is 5.75. The summed E-state index contributed by atoms with van der Waals surface area (Å²) in [6.07, 6.45) is 4.78. The van der Waals surface area contributed by atoms with Crippen molar-refractivity contribution < 1.29 is 4.74 Å².